The molecule has 0 aromatic rings. The lowest BCUT2D eigenvalue weighted by atomic mass is 9.90. The molecule has 2 aliphatic rings. The molecule has 100 valence electrons. The molecule has 0 aromatic carbocycles. The molecule has 0 saturated carbocycles. The standard InChI is InChI=1S/C14H28N2O/c1-2-12-6-7-16-13(9-12)10-15-11-14-5-3-4-8-17-14/h12-16H,2-11H2,1H3. The summed E-state index contributed by atoms with van der Waals surface area (Å²) in [5.74, 6) is 0.939. The highest BCUT2D eigenvalue weighted by atomic mass is 16.5. The van der Waals surface area contributed by atoms with E-state index in [0.717, 1.165) is 25.6 Å². The van der Waals surface area contributed by atoms with Gasteiger partial charge in [0.2, 0.25) is 0 Å². The van der Waals surface area contributed by atoms with Crippen LogP contribution in [0.2, 0.25) is 0 Å². The summed E-state index contributed by atoms with van der Waals surface area (Å²) in [5.41, 5.74) is 0. The van der Waals surface area contributed by atoms with E-state index in [1.165, 1.54) is 45.1 Å². The number of hydrogen-bond donors (Lipinski definition) is 2. The van der Waals surface area contributed by atoms with E-state index in [9.17, 15) is 0 Å². The zero-order valence-corrected chi connectivity index (χ0v) is 11.2. The molecule has 3 atom stereocenters. The maximum absolute atomic E-state index is 5.73. The molecule has 2 N–H and O–H groups in total. The number of rotatable bonds is 5. The van der Waals surface area contributed by atoms with Gasteiger partial charge in [-0.2, -0.15) is 0 Å². The third-order valence-corrected chi connectivity index (χ3v) is 4.22. The third kappa shape index (κ3) is 4.57. The Bertz CT molecular complexity index is 204. The fourth-order valence-electron chi connectivity index (χ4n) is 3.01. The Morgan fingerprint density at radius 1 is 1.24 bits per heavy atom. The van der Waals surface area contributed by atoms with E-state index < -0.39 is 0 Å². The molecule has 0 bridgehead atoms. The quantitative estimate of drug-likeness (QED) is 0.770. The second kappa shape index (κ2) is 7.34. The minimum Gasteiger partial charge on any atom is -0.377 e. The van der Waals surface area contributed by atoms with Gasteiger partial charge in [0.25, 0.3) is 0 Å². The van der Waals surface area contributed by atoms with Crippen LogP contribution in [0.4, 0.5) is 0 Å². The van der Waals surface area contributed by atoms with E-state index in [0.29, 0.717) is 12.1 Å². The van der Waals surface area contributed by atoms with Crippen LogP contribution in [0.1, 0.15) is 45.4 Å². The Morgan fingerprint density at radius 3 is 2.94 bits per heavy atom. The van der Waals surface area contributed by atoms with Crippen LogP contribution in [0.15, 0.2) is 0 Å². The van der Waals surface area contributed by atoms with Gasteiger partial charge in [0.1, 0.15) is 0 Å². The summed E-state index contributed by atoms with van der Waals surface area (Å²) < 4.78 is 5.73. The van der Waals surface area contributed by atoms with Gasteiger partial charge in [-0.1, -0.05) is 13.3 Å². The van der Waals surface area contributed by atoms with E-state index in [1.54, 1.807) is 0 Å². The summed E-state index contributed by atoms with van der Waals surface area (Å²) >= 11 is 0. The van der Waals surface area contributed by atoms with E-state index in [1.807, 2.05) is 0 Å². The van der Waals surface area contributed by atoms with Crippen molar-refractivity contribution in [2.45, 2.75) is 57.6 Å². The van der Waals surface area contributed by atoms with E-state index in [2.05, 4.69) is 17.6 Å². The molecule has 2 rings (SSSR count). The fraction of sp³-hybridized carbons (Fsp3) is 1.00. The van der Waals surface area contributed by atoms with Gasteiger partial charge in [0.15, 0.2) is 0 Å². The topological polar surface area (TPSA) is 33.3 Å². The molecule has 0 spiro atoms. The normalized spacial score (nSPS) is 34.8. The van der Waals surface area contributed by atoms with Crippen LogP contribution in [0, 0.1) is 5.92 Å². The van der Waals surface area contributed by atoms with Crippen LogP contribution < -0.4 is 10.6 Å². The van der Waals surface area contributed by atoms with Gasteiger partial charge in [0, 0.05) is 25.7 Å². The zero-order valence-electron chi connectivity index (χ0n) is 11.2. The fourth-order valence-corrected chi connectivity index (χ4v) is 3.01. The van der Waals surface area contributed by atoms with Crippen LogP contribution in [-0.2, 0) is 4.74 Å². The van der Waals surface area contributed by atoms with Crippen molar-refractivity contribution in [2.75, 3.05) is 26.2 Å². The lowest BCUT2D eigenvalue weighted by Gasteiger charge is -2.31. The molecular weight excluding hydrogens is 212 g/mol. The smallest absolute Gasteiger partial charge is 0.0699 e. The van der Waals surface area contributed by atoms with Crippen molar-refractivity contribution in [2.24, 2.45) is 5.92 Å². The lowest BCUT2D eigenvalue weighted by molar-refractivity contribution is 0.0165. The van der Waals surface area contributed by atoms with Crippen molar-refractivity contribution in [1.29, 1.82) is 0 Å². The number of hydrogen-bond acceptors (Lipinski definition) is 3. The SMILES string of the molecule is CCC1CCNC(CNCC2CCCCO2)C1. The zero-order chi connectivity index (χ0) is 11.9. The summed E-state index contributed by atoms with van der Waals surface area (Å²) in [6.07, 6.45) is 8.33. The second-order valence-corrected chi connectivity index (χ2v) is 5.60. The van der Waals surface area contributed by atoms with Crippen molar-refractivity contribution in [3.8, 4) is 0 Å². The molecule has 17 heavy (non-hydrogen) atoms. The molecule has 3 unspecified atom stereocenters. The van der Waals surface area contributed by atoms with Gasteiger partial charge in [0.05, 0.1) is 6.10 Å². The Balaban J connectivity index is 1.57. The van der Waals surface area contributed by atoms with Gasteiger partial charge in [-0.25, -0.2) is 0 Å². The summed E-state index contributed by atoms with van der Waals surface area (Å²) in [4.78, 5) is 0. The van der Waals surface area contributed by atoms with E-state index in [-0.39, 0.29) is 0 Å². The Labute approximate surface area is 106 Å². The predicted octanol–water partition coefficient (Wildman–Crippen LogP) is 1.92. The van der Waals surface area contributed by atoms with Crippen molar-refractivity contribution in [1.82, 2.24) is 10.6 Å². The Morgan fingerprint density at radius 2 is 2.18 bits per heavy atom. The maximum atomic E-state index is 5.73. The minimum absolute atomic E-state index is 0.467. The Kier molecular flexibility index (Phi) is 5.75. The van der Waals surface area contributed by atoms with E-state index >= 15 is 0 Å². The predicted molar refractivity (Wildman–Crippen MR) is 71.3 cm³/mol. The molecule has 0 radical (unpaired) electrons. The van der Waals surface area contributed by atoms with Crippen LogP contribution in [0.25, 0.3) is 0 Å². The number of piperidine rings is 1. The highest BCUT2D eigenvalue weighted by molar-refractivity contribution is 4.80. The monoisotopic (exact) mass is 240 g/mol. The van der Waals surface area contributed by atoms with Gasteiger partial charge in [-0.05, 0) is 44.6 Å². The van der Waals surface area contributed by atoms with Crippen molar-refractivity contribution in [3.63, 3.8) is 0 Å². The number of nitrogens with one attached hydrogen (secondary N) is 2. The van der Waals surface area contributed by atoms with Crippen molar-refractivity contribution >= 4 is 0 Å². The molecule has 2 aliphatic heterocycles. The molecule has 2 heterocycles. The average Bonchev–Trinajstić information content (AvgIpc) is 2.40. The first-order valence-corrected chi connectivity index (χ1v) is 7.44. The molecule has 2 fully saturated rings. The summed E-state index contributed by atoms with van der Waals surface area (Å²) in [7, 11) is 0. The first kappa shape index (κ1) is 13.3. The van der Waals surface area contributed by atoms with Gasteiger partial charge in [-0.15, -0.1) is 0 Å². The third-order valence-electron chi connectivity index (χ3n) is 4.22. The average molecular weight is 240 g/mol. The van der Waals surface area contributed by atoms with Gasteiger partial charge in [-0.3, -0.25) is 0 Å². The van der Waals surface area contributed by atoms with Crippen LogP contribution in [0.3, 0.4) is 0 Å². The molecule has 2 saturated heterocycles. The highest BCUT2D eigenvalue weighted by Crippen LogP contribution is 2.19. The Hall–Kier alpha value is -0.120. The first-order valence-electron chi connectivity index (χ1n) is 7.44. The van der Waals surface area contributed by atoms with Gasteiger partial charge >= 0.3 is 0 Å². The molecular formula is C14H28N2O. The maximum Gasteiger partial charge on any atom is 0.0699 e. The highest BCUT2D eigenvalue weighted by Gasteiger charge is 2.20. The molecule has 0 aliphatic carbocycles. The molecule has 3 nitrogen and oxygen atoms in total. The molecule has 3 heteroatoms. The van der Waals surface area contributed by atoms with Crippen LogP contribution in [-0.4, -0.2) is 38.4 Å². The summed E-state index contributed by atoms with van der Waals surface area (Å²) in [5, 5.41) is 7.20. The molecule has 0 amide bonds. The minimum atomic E-state index is 0.467. The van der Waals surface area contributed by atoms with E-state index in [4.69, 9.17) is 4.74 Å². The molecule has 0 aromatic heterocycles. The van der Waals surface area contributed by atoms with Crippen LogP contribution in [0.5, 0.6) is 0 Å². The lowest BCUT2D eigenvalue weighted by Crippen LogP contribution is -2.46. The van der Waals surface area contributed by atoms with Crippen molar-refractivity contribution < 1.29 is 4.74 Å². The van der Waals surface area contributed by atoms with Crippen LogP contribution >= 0.6 is 0 Å². The largest absolute Gasteiger partial charge is 0.377 e. The number of ether oxygens (including phenoxy) is 1. The second-order valence-electron chi connectivity index (χ2n) is 5.60. The summed E-state index contributed by atoms with van der Waals surface area (Å²) in [6, 6.07) is 0.678. The van der Waals surface area contributed by atoms with Crippen molar-refractivity contribution in [3.05, 3.63) is 0 Å². The van der Waals surface area contributed by atoms with Gasteiger partial charge < -0.3 is 15.4 Å². The summed E-state index contributed by atoms with van der Waals surface area (Å²) in [6.45, 7) is 6.62. The first-order chi connectivity index (χ1) is 8.38.